The molecule has 0 bridgehead atoms. The van der Waals surface area contributed by atoms with Crippen molar-refractivity contribution in [3.05, 3.63) is 58.9 Å². The topological polar surface area (TPSA) is 105 Å². The van der Waals surface area contributed by atoms with E-state index in [-0.39, 0.29) is 11.4 Å². The number of hydrogen-bond donors (Lipinski definition) is 3. The lowest BCUT2D eigenvalue weighted by Crippen LogP contribution is -2.37. The Hall–Kier alpha value is -2.20. The minimum atomic E-state index is -3.57. The lowest BCUT2D eigenvalue weighted by atomic mass is 10.2. The van der Waals surface area contributed by atoms with Crippen LogP contribution < -0.4 is 15.4 Å². The average Bonchev–Trinajstić information content (AvgIpc) is 2.72. The van der Waals surface area contributed by atoms with Crippen molar-refractivity contribution in [3.63, 3.8) is 0 Å². The fraction of sp³-hybridized carbons (Fsp3) is 0.368. The molecular formula is C19H26ClN5O3S. The first-order valence-electron chi connectivity index (χ1n) is 9.07. The number of nitrogens with zero attached hydrogens (tertiary/aromatic N) is 2. The zero-order valence-electron chi connectivity index (χ0n) is 16.5. The molecule has 0 unspecified atom stereocenters. The number of sulfonamides is 1. The Morgan fingerprint density at radius 3 is 2.69 bits per heavy atom. The summed E-state index contributed by atoms with van der Waals surface area (Å²) in [7, 11) is -0.364. The van der Waals surface area contributed by atoms with Gasteiger partial charge in [0.2, 0.25) is 10.0 Å². The third kappa shape index (κ3) is 7.98. The fourth-order valence-corrected chi connectivity index (χ4v) is 3.66. The number of ether oxygens (including phenoxy) is 1. The van der Waals surface area contributed by atoms with Gasteiger partial charge >= 0.3 is 0 Å². The van der Waals surface area contributed by atoms with Crippen molar-refractivity contribution in [2.45, 2.75) is 17.9 Å². The summed E-state index contributed by atoms with van der Waals surface area (Å²) in [6.45, 7) is 1.64. The van der Waals surface area contributed by atoms with E-state index in [0.29, 0.717) is 30.8 Å². The molecule has 0 radical (unpaired) electrons. The van der Waals surface area contributed by atoms with Crippen LogP contribution in [0.25, 0.3) is 0 Å². The van der Waals surface area contributed by atoms with Gasteiger partial charge in [-0.05, 0) is 35.7 Å². The monoisotopic (exact) mass is 439 g/mol. The minimum absolute atomic E-state index is 0.214. The van der Waals surface area contributed by atoms with E-state index < -0.39 is 10.0 Å². The summed E-state index contributed by atoms with van der Waals surface area (Å²) in [5, 5.41) is 6.86. The summed E-state index contributed by atoms with van der Waals surface area (Å²) in [5.74, 6) is 0.624. The van der Waals surface area contributed by atoms with Crippen LogP contribution in [0.4, 0.5) is 0 Å². The minimum Gasteiger partial charge on any atom is -0.383 e. The molecule has 29 heavy (non-hydrogen) atoms. The highest BCUT2D eigenvalue weighted by Crippen LogP contribution is 2.11. The van der Waals surface area contributed by atoms with Crippen molar-refractivity contribution in [1.29, 1.82) is 0 Å². The number of guanidine groups is 1. The maximum Gasteiger partial charge on any atom is 0.240 e. The molecule has 0 amide bonds. The van der Waals surface area contributed by atoms with Gasteiger partial charge in [0.05, 0.1) is 11.5 Å². The highest BCUT2D eigenvalue weighted by Gasteiger charge is 2.13. The van der Waals surface area contributed by atoms with Gasteiger partial charge in [0.25, 0.3) is 0 Å². The van der Waals surface area contributed by atoms with Crippen LogP contribution in [0.5, 0.6) is 0 Å². The second kappa shape index (κ2) is 11.7. The van der Waals surface area contributed by atoms with E-state index >= 15 is 0 Å². The number of nitrogens with one attached hydrogen (secondary N) is 3. The van der Waals surface area contributed by atoms with Gasteiger partial charge in [0.1, 0.15) is 5.15 Å². The van der Waals surface area contributed by atoms with Gasteiger partial charge in [-0.25, -0.2) is 18.1 Å². The quantitative estimate of drug-likeness (QED) is 0.224. The molecule has 1 heterocycles. The first-order chi connectivity index (χ1) is 13.9. The average molecular weight is 440 g/mol. The van der Waals surface area contributed by atoms with E-state index in [0.717, 1.165) is 17.5 Å². The molecule has 0 aliphatic carbocycles. The predicted octanol–water partition coefficient (Wildman–Crippen LogP) is 1.57. The Kier molecular flexibility index (Phi) is 9.33. The molecule has 0 aliphatic heterocycles. The zero-order chi connectivity index (χ0) is 21.1. The number of methoxy groups -OCH3 is 1. The van der Waals surface area contributed by atoms with E-state index in [1.807, 2.05) is 12.1 Å². The molecule has 0 atom stereocenters. The Morgan fingerprint density at radius 1 is 1.17 bits per heavy atom. The number of aliphatic imine (C=N–C) groups is 1. The molecular weight excluding hydrogens is 414 g/mol. The second-order valence-electron chi connectivity index (χ2n) is 6.13. The van der Waals surface area contributed by atoms with Crippen LogP contribution in [-0.4, -0.2) is 53.2 Å². The van der Waals surface area contributed by atoms with E-state index in [4.69, 9.17) is 16.3 Å². The molecule has 2 rings (SSSR count). The standard InChI is InChI=1S/C19H26ClN5O3S/c1-21-19(22-9-8-15-6-7-18(20)23-13-15)24-14-16-4-3-5-17(12-16)29(26,27)25-10-11-28-2/h3-7,12-13,25H,8-11,14H2,1-2H3,(H2,21,22,24). The number of aromatic nitrogens is 1. The molecule has 0 spiro atoms. The highest BCUT2D eigenvalue weighted by molar-refractivity contribution is 7.89. The largest absolute Gasteiger partial charge is 0.383 e. The third-order valence-electron chi connectivity index (χ3n) is 3.99. The van der Waals surface area contributed by atoms with Crippen molar-refractivity contribution in [1.82, 2.24) is 20.3 Å². The molecule has 0 aliphatic rings. The van der Waals surface area contributed by atoms with Crippen molar-refractivity contribution in [3.8, 4) is 0 Å². The number of benzene rings is 1. The van der Waals surface area contributed by atoms with Crippen LogP contribution in [0.2, 0.25) is 5.15 Å². The van der Waals surface area contributed by atoms with E-state index in [1.165, 1.54) is 7.11 Å². The summed E-state index contributed by atoms with van der Waals surface area (Å²) in [5.41, 5.74) is 1.89. The van der Waals surface area contributed by atoms with Gasteiger partial charge in [0.15, 0.2) is 5.96 Å². The summed E-state index contributed by atoms with van der Waals surface area (Å²) < 4.78 is 32.0. The summed E-state index contributed by atoms with van der Waals surface area (Å²) in [6, 6.07) is 10.5. The van der Waals surface area contributed by atoms with Crippen LogP contribution in [0, 0.1) is 0 Å². The lowest BCUT2D eigenvalue weighted by Gasteiger charge is -2.13. The molecule has 8 nitrogen and oxygen atoms in total. The van der Waals surface area contributed by atoms with E-state index in [9.17, 15) is 8.42 Å². The van der Waals surface area contributed by atoms with Gasteiger partial charge in [0, 0.05) is 40.0 Å². The smallest absolute Gasteiger partial charge is 0.240 e. The van der Waals surface area contributed by atoms with Crippen molar-refractivity contribution < 1.29 is 13.2 Å². The highest BCUT2D eigenvalue weighted by atomic mass is 35.5. The Bertz CT molecular complexity index is 904. The Labute approximate surface area is 176 Å². The zero-order valence-corrected chi connectivity index (χ0v) is 18.1. The van der Waals surface area contributed by atoms with E-state index in [2.05, 4.69) is 25.3 Å². The van der Waals surface area contributed by atoms with Gasteiger partial charge in [-0.3, -0.25) is 4.99 Å². The number of hydrogen-bond acceptors (Lipinski definition) is 5. The van der Waals surface area contributed by atoms with Crippen LogP contribution in [0.1, 0.15) is 11.1 Å². The Balaban J connectivity index is 1.86. The van der Waals surface area contributed by atoms with E-state index in [1.54, 1.807) is 37.5 Å². The second-order valence-corrected chi connectivity index (χ2v) is 8.28. The molecule has 2 aromatic rings. The molecule has 0 fully saturated rings. The SMILES string of the molecule is CN=C(NCCc1ccc(Cl)nc1)NCc1cccc(S(=O)(=O)NCCOC)c1. The van der Waals surface area contributed by atoms with Gasteiger partial charge in [-0.2, -0.15) is 0 Å². The summed E-state index contributed by atoms with van der Waals surface area (Å²) in [4.78, 5) is 8.45. The van der Waals surface area contributed by atoms with Crippen LogP contribution in [-0.2, 0) is 27.7 Å². The number of halogens is 1. The summed E-state index contributed by atoms with van der Waals surface area (Å²) >= 11 is 5.79. The fourth-order valence-electron chi connectivity index (χ4n) is 2.47. The molecule has 158 valence electrons. The maximum atomic E-state index is 12.3. The van der Waals surface area contributed by atoms with Crippen molar-refractivity contribution >= 4 is 27.6 Å². The lowest BCUT2D eigenvalue weighted by molar-refractivity contribution is 0.204. The Morgan fingerprint density at radius 2 is 2.00 bits per heavy atom. The molecule has 10 heteroatoms. The van der Waals surface area contributed by atoms with Crippen LogP contribution in [0.3, 0.4) is 0 Å². The van der Waals surface area contributed by atoms with Gasteiger partial charge < -0.3 is 15.4 Å². The molecule has 0 saturated heterocycles. The predicted molar refractivity (Wildman–Crippen MR) is 115 cm³/mol. The summed E-state index contributed by atoms with van der Waals surface area (Å²) in [6.07, 6.45) is 2.51. The van der Waals surface area contributed by atoms with Crippen LogP contribution >= 0.6 is 11.6 Å². The first-order valence-corrected chi connectivity index (χ1v) is 10.9. The van der Waals surface area contributed by atoms with Gasteiger partial charge in [-0.1, -0.05) is 29.8 Å². The molecule has 3 N–H and O–H groups in total. The van der Waals surface area contributed by atoms with Crippen LogP contribution in [0.15, 0.2) is 52.5 Å². The van der Waals surface area contributed by atoms with Crippen molar-refractivity contribution in [2.24, 2.45) is 4.99 Å². The van der Waals surface area contributed by atoms with Gasteiger partial charge in [-0.15, -0.1) is 0 Å². The number of pyridine rings is 1. The molecule has 1 aromatic carbocycles. The van der Waals surface area contributed by atoms with Crippen molar-refractivity contribution in [2.75, 3.05) is 33.9 Å². The normalized spacial score (nSPS) is 12.0. The molecule has 1 aromatic heterocycles. The first kappa shape index (κ1) is 23.1. The maximum absolute atomic E-state index is 12.3. The molecule has 0 saturated carbocycles. The third-order valence-corrected chi connectivity index (χ3v) is 5.67. The number of rotatable bonds is 10.